The zero-order valence-electron chi connectivity index (χ0n) is 10.9. The van der Waals surface area contributed by atoms with E-state index in [4.69, 9.17) is 23.2 Å². The minimum absolute atomic E-state index is 0.782. The summed E-state index contributed by atoms with van der Waals surface area (Å²) < 4.78 is 0. The molecule has 0 unspecified atom stereocenters. The van der Waals surface area contributed by atoms with Gasteiger partial charge < -0.3 is 0 Å². The molecule has 3 heteroatoms. The number of benzene rings is 2. The van der Waals surface area contributed by atoms with Gasteiger partial charge in [-0.3, -0.25) is 4.90 Å². The molecule has 0 radical (unpaired) electrons. The number of halogens is 2. The molecule has 0 saturated carbocycles. The summed E-state index contributed by atoms with van der Waals surface area (Å²) in [5, 5.41) is 1.56. The molecule has 0 aromatic heterocycles. The molecule has 0 N–H and O–H groups in total. The maximum Gasteiger partial charge on any atom is 0.0406 e. The van der Waals surface area contributed by atoms with Crippen LogP contribution < -0.4 is 0 Å². The van der Waals surface area contributed by atoms with E-state index in [2.05, 4.69) is 36.1 Å². The Morgan fingerprint density at radius 2 is 1.11 bits per heavy atom. The highest BCUT2D eigenvalue weighted by Crippen LogP contribution is 2.15. The van der Waals surface area contributed by atoms with Crippen molar-refractivity contribution in [3.63, 3.8) is 0 Å². The van der Waals surface area contributed by atoms with Gasteiger partial charge in [0, 0.05) is 23.1 Å². The molecule has 0 aliphatic heterocycles. The van der Waals surface area contributed by atoms with Crippen LogP contribution in [0.1, 0.15) is 18.1 Å². The molecule has 2 aromatic rings. The Morgan fingerprint density at radius 1 is 0.737 bits per heavy atom. The van der Waals surface area contributed by atoms with Crippen molar-refractivity contribution in [3.8, 4) is 0 Å². The number of nitrogens with zero attached hydrogens (tertiary/aromatic N) is 1. The van der Waals surface area contributed by atoms with Gasteiger partial charge in [-0.05, 0) is 41.9 Å². The molecule has 2 aromatic carbocycles. The van der Waals surface area contributed by atoms with Crippen LogP contribution in [0.15, 0.2) is 48.5 Å². The number of hydrogen-bond donors (Lipinski definition) is 0. The predicted molar refractivity (Wildman–Crippen MR) is 82.7 cm³/mol. The van der Waals surface area contributed by atoms with Gasteiger partial charge in [0.15, 0.2) is 0 Å². The molecule has 0 fully saturated rings. The molecule has 0 saturated heterocycles. The topological polar surface area (TPSA) is 3.24 Å². The Hall–Kier alpha value is -1.02. The van der Waals surface area contributed by atoms with Crippen LogP contribution in [-0.4, -0.2) is 11.4 Å². The zero-order chi connectivity index (χ0) is 13.7. The van der Waals surface area contributed by atoms with E-state index >= 15 is 0 Å². The van der Waals surface area contributed by atoms with Gasteiger partial charge in [0.1, 0.15) is 0 Å². The summed E-state index contributed by atoms with van der Waals surface area (Å²) in [5.41, 5.74) is 2.56. The first-order valence-electron chi connectivity index (χ1n) is 6.38. The molecular formula is C16H17Cl2N. The third-order valence-corrected chi connectivity index (χ3v) is 3.59. The quantitative estimate of drug-likeness (QED) is 0.748. The first kappa shape index (κ1) is 14.4. The molecule has 0 heterocycles. The first-order valence-corrected chi connectivity index (χ1v) is 7.14. The molecule has 0 bridgehead atoms. The molecule has 19 heavy (non-hydrogen) atoms. The summed E-state index contributed by atoms with van der Waals surface area (Å²) in [4.78, 5) is 2.38. The van der Waals surface area contributed by atoms with Crippen LogP contribution in [0.5, 0.6) is 0 Å². The summed E-state index contributed by atoms with van der Waals surface area (Å²) in [5.74, 6) is 0. The second kappa shape index (κ2) is 6.95. The average molecular weight is 294 g/mol. The van der Waals surface area contributed by atoms with E-state index in [1.54, 1.807) is 0 Å². The van der Waals surface area contributed by atoms with Crippen molar-refractivity contribution < 1.29 is 0 Å². The third kappa shape index (κ3) is 4.54. The largest absolute Gasteiger partial charge is 0.295 e. The predicted octanol–water partition coefficient (Wildman–Crippen LogP) is 5.02. The summed E-state index contributed by atoms with van der Waals surface area (Å²) in [7, 11) is 0. The van der Waals surface area contributed by atoms with Gasteiger partial charge in [-0.15, -0.1) is 0 Å². The minimum Gasteiger partial charge on any atom is -0.295 e. The maximum atomic E-state index is 5.90. The van der Waals surface area contributed by atoms with E-state index in [1.807, 2.05) is 24.3 Å². The highest BCUT2D eigenvalue weighted by atomic mass is 35.5. The van der Waals surface area contributed by atoms with E-state index in [-0.39, 0.29) is 0 Å². The highest BCUT2D eigenvalue weighted by Gasteiger charge is 2.05. The lowest BCUT2D eigenvalue weighted by Crippen LogP contribution is -2.22. The van der Waals surface area contributed by atoms with E-state index < -0.39 is 0 Å². The fourth-order valence-corrected chi connectivity index (χ4v) is 2.23. The fourth-order valence-electron chi connectivity index (χ4n) is 1.98. The minimum atomic E-state index is 0.782. The van der Waals surface area contributed by atoms with Gasteiger partial charge in [-0.1, -0.05) is 54.4 Å². The molecule has 0 spiro atoms. The summed E-state index contributed by atoms with van der Waals surface area (Å²) in [6.07, 6.45) is 0. The molecule has 0 amide bonds. The van der Waals surface area contributed by atoms with Crippen molar-refractivity contribution in [2.45, 2.75) is 20.0 Å². The van der Waals surface area contributed by atoms with Crippen LogP contribution in [0, 0.1) is 0 Å². The smallest absolute Gasteiger partial charge is 0.0406 e. The van der Waals surface area contributed by atoms with Crippen LogP contribution >= 0.6 is 23.2 Å². The summed E-state index contributed by atoms with van der Waals surface area (Å²) >= 11 is 11.8. The average Bonchev–Trinajstić information content (AvgIpc) is 2.43. The monoisotopic (exact) mass is 293 g/mol. The van der Waals surface area contributed by atoms with Gasteiger partial charge in [0.2, 0.25) is 0 Å². The molecule has 0 aliphatic rings. The lowest BCUT2D eigenvalue weighted by atomic mass is 10.1. The molecular weight excluding hydrogens is 277 g/mol. The van der Waals surface area contributed by atoms with Crippen molar-refractivity contribution in [1.29, 1.82) is 0 Å². The molecule has 0 aliphatic carbocycles. The van der Waals surface area contributed by atoms with Gasteiger partial charge in [-0.25, -0.2) is 0 Å². The SMILES string of the molecule is CCN(Cc1ccc(Cl)cc1)Cc1ccc(Cl)cc1. The van der Waals surface area contributed by atoms with Crippen LogP contribution in [0.25, 0.3) is 0 Å². The number of rotatable bonds is 5. The molecule has 100 valence electrons. The Bertz CT molecular complexity index is 458. The Labute approximate surface area is 124 Å². The molecule has 2 rings (SSSR count). The second-order valence-corrected chi connectivity index (χ2v) is 5.43. The lowest BCUT2D eigenvalue weighted by molar-refractivity contribution is 0.271. The van der Waals surface area contributed by atoms with Crippen LogP contribution in [-0.2, 0) is 13.1 Å². The van der Waals surface area contributed by atoms with Crippen molar-refractivity contribution in [2.24, 2.45) is 0 Å². The summed E-state index contributed by atoms with van der Waals surface area (Å²) in [6.45, 7) is 5.03. The van der Waals surface area contributed by atoms with Crippen molar-refractivity contribution in [2.75, 3.05) is 6.54 Å². The third-order valence-electron chi connectivity index (χ3n) is 3.09. The van der Waals surface area contributed by atoms with Crippen LogP contribution in [0.4, 0.5) is 0 Å². The fraction of sp³-hybridized carbons (Fsp3) is 0.250. The highest BCUT2D eigenvalue weighted by molar-refractivity contribution is 6.30. The first-order chi connectivity index (χ1) is 9.17. The normalized spacial score (nSPS) is 10.9. The zero-order valence-corrected chi connectivity index (χ0v) is 12.5. The summed E-state index contributed by atoms with van der Waals surface area (Å²) in [6, 6.07) is 16.1. The Kier molecular flexibility index (Phi) is 5.26. The van der Waals surface area contributed by atoms with Gasteiger partial charge >= 0.3 is 0 Å². The standard InChI is InChI=1S/C16H17Cl2N/c1-2-19(11-13-3-7-15(17)8-4-13)12-14-5-9-16(18)10-6-14/h3-10H,2,11-12H2,1H3. The van der Waals surface area contributed by atoms with E-state index in [0.29, 0.717) is 0 Å². The van der Waals surface area contributed by atoms with E-state index in [9.17, 15) is 0 Å². The van der Waals surface area contributed by atoms with Crippen molar-refractivity contribution >= 4 is 23.2 Å². The van der Waals surface area contributed by atoms with Gasteiger partial charge in [-0.2, -0.15) is 0 Å². The van der Waals surface area contributed by atoms with Gasteiger partial charge in [0.25, 0.3) is 0 Å². The second-order valence-electron chi connectivity index (χ2n) is 4.56. The maximum absolute atomic E-state index is 5.90. The number of hydrogen-bond acceptors (Lipinski definition) is 1. The van der Waals surface area contributed by atoms with Crippen molar-refractivity contribution in [1.82, 2.24) is 4.90 Å². The van der Waals surface area contributed by atoms with Crippen LogP contribution in [0.2, 0.25) is 10.0 Å². The van der Waals surface area contributed by atoms with E-state index in [0.717, 1.165) is 29.7 Å². The molecule has 0 atom stereocenters. The lowest BCUT2D eigenvalue weighted by Gasteiger charge is -2.20. The Morgan fingerprint density at radius 3 is 1.42 bits per heavy atom. The van der Waals surface area contributed by atoms with Crippen molar-refractivity contribution in [3.05, 3.63) is 69.7 Å². The van der Waals surface area contributed by atoms with Crippen LogP contribution in [0.3, 0.4) is 0 Å². The molecule has 1 nitrogen and oxygen atoms in total. The Balaban J connectivity index is 2.00. The van der Waals surface area contributed by atoms with Gasteiger partial charge in [0.05, 0.1) is 0 Å². The van der Waals surface area contributed by atoms with E-state index in [1.165, 1.54) is 11.1 Å².